The number of nitrogens with zero attached hydrogens (tertiary/aromatic N) is 1. The highest BCUT2D eigenvalue weighted by Gasteiger charge is 2.23. The van der Waals surface area contributed by atoms with E-state index in [-0.39, 0.29) is 23.7 Å². The Balaban J connectivity index is 1.97. The second kappa shape index (κ2) is 8.27. The molecule has 0 saturated carbocycles. The maximum Gasteiger partial charge on any atom is 0.307 e. The molecular weight excluding hydrogens is 328 g/mol. The van der Waals surface area contributed by atoms with Crippen LogP contribution in [0.2, 0.25) is 0 Å². The number of allylic oxidation sites excluding steroid dienone is 2. The molecule has 0 radical (unpaired) electrons. The molecule has 1 N–H and O–H groups in total. The van der Waals surface area contributed by atoms with Gasteiger partial charge in [0, 0.05) is 0 Å². The van der Waals surface area contributed by atoms with Gasteiger partial charge in [-0.1, -0.05) is 12.2 Å². The van der Waals surface area contributed by atoms with Crippen LogP contribution in [-0.4, -0.2) is 30.0 Å². The Morgan fingerprint density at radius 3 is 2.80 bits per heavy atom. The number of ether oxygens (including phenoxy) is 2. The molecule has 1 amide bonds. The maximum atomic E-state index is 12.2. The maximum absolute atomic E-state index is 12.2. The fourth-order valence-corrected chi connectivity index (χ4v) is 2.51. The van der Waals surface area contributed by atoms with E-state index < -0.39 is 22.9 Å². The summed E-state index contributed by atoms with van der Waals surface area (Å²) >= 11 is 0. The molecule has 8 heteroatoms. The Labute approximate surface area is 145 Å². The van der Waals surface area contributed by atoms with Crippen molar-refractivity contribution in [1.82, 2.24) is 0 Å². The molecular formula is C17H20N2O6. The fraction of sp³-hybridized carbons (Fsp3) is 0.412. The van der Waals surface area contributed by atoms with Gasteiger partial charge in [0.15, 0.2) is 6.10 Å². The predicted molar refractivity (Wildman–Crippen MR) is 90.3 cm³/mol. The third-order valence-corrected chi connectivity index (χ3v) is 3.88. The van der Waals surface area contributed by atoms with Crippen molar-refractivity contribution in [3.8, 4) is 5.75 Å². The van der Waals surface area contributed by atoms with E-state index in [1.165, 1.54) is 32.2 Å². The van der Waals surface area contributed by atoms with Crippen LogP contribution in [-0.2, 0) is 14.3 Å². The first kappa shape index (κ1) is 18.4. The normalized spacial score (nSPS) is 17.0. The SMILES string of the molecule is COc1ccc(NC(=O)[C@H](C)OC(=O)C[C@H]2C=CCC2)c([N+](=O)[O-])c1. The highest BCUT2D eigenvalue weighted by Crippen LogP contribution is 2.29. The van der Waals surface area contributed by atoms with E-state index in [1.54, 1.807) is 0 Å². The molecule has 0 fully saturated rings. The third kappa shape index (κ3) is 5.03. The molecule has 134 valence electrons. The lowest BCUT2D eigenvalue weighted by atomic mass is 10.1. The lowest BCUT2D eigenvalue weighted by Crippen LogP contribution is -2.30. The van der Waals surface area contributed by atoms with Crippen molar-refractivity contribution in [2.45, 2.75) is 32.3 Å². The number of anilines is 1. The standard InChI is InChI=1S/C17H20N2O6/c1-11(25-16(20)9-12-5-3-4-6-12)17(21)18-14-8-7-13(24-2)10-15(14)19(22)23/h3,5,7-8,10-12H,4,6,9H2,1-2H3,(H,18,21)/t11-,12-/m0/s1. The van der Waals surface area contributed by atoms with Crippen LogP contribution >= 0.6 is 0 Å². The molecule has 0 spiro atoms. The molecule has 0 aromatic heterocycles. The second-order valence-corrected chi connectivity index (χ2v) is 5.73. The number of esters is 1. The Bertz CT molecular complexity index is 700. The van der Waals surface area contributed by atoms with E-state index in [0.29, 0.717) is 5.75 Å². The first-order chi connectivity index (χ1) is 11.9. The summed E-state index contributed by atoms with van der Waals surface area (Å²) in [5, 5.41) is 13.5. The van der Waals surface area contributed by atoms with Crippen LogP contribution in [0.5, 0.6) is 5.75 Å². The number of hydrogen-bond acceptors (Lipinski definition) is 6. The van der Waals surface area contributed by atoms with Gasteiger partial charge in [-0.15, -0.1) is 0 Å². The van der Waals surface area contributed by atoms with Crippen molar-refractivity contribution in [3.63, 3.8) is 0 Å². The molecule has 25 heavy (non-hydrogen) atoms. The molecule has 2 rings (SSSR count). The summed E-state index contributed by atoms with van der Waals surface area (Å²) in [6, 6.07) is 4.07. The average Bonchev–Trinajstić information content (AvgIpc) is 3.07. The number of hydrogen-bond donors (Lipinski definition) is 1. The Morgan fingerprint density at radius 2 is 2.20 bits per heavy atom. The van der Waals surface area contributed by atoms with Crippen LogP contribution in [0.4, 0.5) is 11.4 Å². The van der Waals surface area contributed by atoms with Crippen molar-refractivity contribution in [1.29, 1.82) is 0 Å². The van der Waals surface area contributed by atoms with Crippen LogP contribution in [0, 0.1) is 16.0 Å². The van der Waals surface area contributed by atoms with Gasteiger partial charge in [0.1, 0.15) is 11.4 Å². The largest absolute Gasteiger partial charge is 0.496 e. The van der Waals surface area contributed by atoms with Crippen molar-refractivity contribution < 1.29 is 24.0 Å². The van der Waals surface area contributed by atoms with Crippen LogP contribution < -0.4 is 10.1 Å². The van der Waals surface area contributed by atoms with Crippen LogP contribution in [0.1, 0.15) is 26.2 Å². The number of carbonyl (C=O) groups excluding carboxylic acids is 2. The summed E-state index contributed by atoms with van der Waals surface area (Å²) in [7, 11) is 1.39. The zero-order valence-corrected chi connectivity index (χ0v) is 14.1. The van der Waals surface area contributed by atoms with Crippen LogP contribution in [0.3, 0.4) is 0 Å². The summed E-state index contributed by atoms with van der Waals surface area (Å²) in [6.07, 6.45) is 4.98. The van der Waals surface area contributed by atoms with E-state index in [1.807, 2.05) is 12.2 Å². The number of nitro benzene ring substituents is 1. The second-order valence-electron chi connectivity index (χ2n) is 5.73. The summed E-state index contributed by atoms with van der Waals surface area (Å²) in [6.45, 7) is 1.42. The minimum absolute atomic E-state index is 0.0115. The van der Waals surface area contributed by atoms with Gasteiger partial charge in [-0.05, 0) is 37.8 Å². The van der Waals surface area contributed by atoms with Gasteiger partial charge in [-0.2, -0.15) is 0 Å². The van der Waals surface area contributed by atoms with Gasteiger partial charge in [0.05, 0.1) is 24.5 Å². The number of amides is 1. The van der Waals surface area contributed by atoms with E-state index in [4.69, 9.17) is 9.47 Å². The van der Waals surface area contributed by atoms with Crippen molar-refractivity contribution >= 4 is 23.3 Å². The molecule has 1 aromatic carbocycles. The van der Waals surface area contributed by atoms with Gasteiger partial charge in [-0.25, -0.2) is 0 Å². The number of rotatable bonds is 7. The minimum atomic E-state index is -1.06. The van der Waals surface area contributed by atoms with E-state index in [2.05, 4.69) is 5.32 Å². The summed E-state index contributed by atoms with van der Waals surface area (Å²) in [5.41, 5.74) is -0.292. The van der Waals surface area contributed by atoms with Gasteiger partial charge in [0.25, 0.3) is 11.6 Å². The summed E-state index contributed by atoms with van der Waals surface area (Å²) < 4.78 is 10.0. The molecule has 0 aliphatic heterocycles. The molecule has 0 heterocycles. The average molecular weight is 348 g/mol. The quantitative estimate of drug-likeness (QED) is 0.351. The number of carbonyl (C=O) groups is 2. The molecule has 2 atom stereocenters. The minimum Gasteiger partial charge on any atom is -0.496 e. The number of methoxy groups -OCH3 is 1. The molecule has 1 aliphatic rings. The number of benzene rings is 1. The zero-order chi connectivity index (χ0) is 18.4. The van der Waals surface area contributed by atoms with Gasteiger partial charge >= 0.3 is 5.97 Å². The van der Waals surface area contributed by atoms with Crippen LogP contribution in [0.15, 0.2) is 30.4 Å². The summed E-state index contributed by atoms with van der Waals surface area (Å²) in [4.78, 5) is 34.5. The smallest absolute Gasteiger partial charge is 0.307 e. The fourth-order valence-electron chi connectivity index (χ4n) is 2.51. The first-order valence-electron chi connectivity index (χ1n) is 7.90. The van der Waals surface area contributed by atoms with Crippen molar-refractivity contribution in [2.24, 2.45) is 5.92 Å². The zero-order valence-electron chi connectivity index (χ0n) is 14.1. The molecule has 0 unspecified atom stereocenters. The Hall–Kier alpha value is -2.90. The lowest BCUT2D eigenvalue weighted by Gasteiger charge is -2.15. The Kier molecular flexibility index (Phi) is 6.10. The topological polar surface area (TPSA) is 108 Å². The molecule has 1 aromatic rings. The molecule has 8 nitrogen and oxygen atoms in total. The first-order valence-corrected chi connectivity index (χ1v) is 7.90. The Morgan fingerprint density at radius 1 is 1.44 bits per heavy atom. The van der Waals surface area contributed by atoms with Gasteiger partial charge in [0.2, 0.25) is 0 Å². The number of nitro groups is 1. The van der Waals surface area contributed by atoms with Crippen LogP contribution in [0.25, 0.3) is 0 Å². The highest BCUT2D eigenvalue weighted by molar-refractivity contribution is 5.97. The highest BCUT2D eigenvalue weighted by atomic mass is 16.6. The van der Waals surface area contributed by atoms with Gasteiger partial charge in [-0.3, -0.25) is 19.7 Å². The van der Waals surface area contributed by atoms with Gasteiger partial charge < -0.3 is 14.8 Å². The van der Waals surface area contributed by atoms with E-state index in [0.717, 1.165) is 12.8 Å². The van der Waals surface area contributed by atoms with E-state index in [9.17, 15) is 19.7 Å². The predicted octanol–water partition coefficient (Wildman–Crippen LogP) is 2.83. The molecule has 1 aliphatic carbocycles. The lowest BCUT2D eigenvalue weighted by molar-refractivity contribution is -0.384. The summed E-state index contributed by atoms with van der Waals surface area (Å²) in [5.74, 6) is -0.661. The third-order valence-electron chi connectivity index (χ3n) is 3.88. The van der Waals surface area contributed by atoms with Crippen molar-refractivity contribution in [2.75, 3.05) is 12.4 Å². The number of nitrogens with one attached hydrogen (secondary N) is 1. The molecule has 0 saturated heterocycles. The molecule has 0 bridgehead atoms. The van der Waals surface area contributed by atoms with E-state index >= 15 is 0 Å². The van der Waals surface area contributed by atoms with Crippen molar-refractivity contribution in [3.05, 3.63) is 40.5 Å². The monoisotopic (exact) mass is 348 g/mol.